The van der Waals surface area contributed by atoms with Crippen molar-refractivity contribution in [3.63, 3.8) is 0 Å². The molecule has 0 amide bonds. The van der Waals surface area contributed by atoms with Gasteiger partial charge in [-0.05, 0) is 31.9 Å². The van der Waals surface area contributed by atoms with Gasteiger partial charge in [-0.15, -0.1) is 0 Å². The van der Waals surface area contributed by atoms with Crippen molar-refractivity contribution in [3.8, 4) is 0 Å². The third-order valence-electron chi connectivity index (χ3n) is 0.712. The average Bonchev–Trinajstić information content (AvgIpc) is 1.58. The summed E-state index contributed by atoms with van der Waals surface area (Å²) in [5, 5.41) is 0. The van der Waals surface area contributed by atoms with Crippen LogP contribution in [0.3, 0.4) is 0 Å². The van der Waals surface area contributed by atoms with Crippen LogP contribution in [-0.2, 0) is 0 Å². The fourth-order valence-electron chi connectivity index (χ4n) is 0.161. The largest absolute Gasteiger partial charge is 0.439 e. The Morgan fingerprint density at radius 1 is 0.727 bits per heavy atom. The van der Waals surface area contributed by atoms with E-state index in [1.807, 2.05) is 0 Å². The topological polar surface area (TPSA) is 0 Å². The molecule has 11 heavy (non-hydrogen) atoms. The molecule has 0 aromatic heterocycles. The second kappa shape index (κ2) is 2.79. The lowest BCUT2D eigenvalue weighted by molar-refractivity contribution is -0.231. The second-order valence-electron chi connectivity index (χ2n) is 1.57. The number of alkyl halides is 8. The normalized spacial score (nSPS) is 19.6. The predicted molar refractivity (Wildman–Crippen MR) is 32.7 cm³/mol. The minimum absolute atomic E-state index is 1.23. The first-order chi connectivity index (χ1) is 4.50. The van der Waals surface area contributed by atoms with Gasteiger partial charge in [0.15, 0.2) is 0 Å². The molecule has 0 bridgehead atoms. The Balaban J connectivity index is 4.75. The maximum absolute atomic E-state index is 12.1. The van der Waals surface area contributed by atoms with Crippen LogP contribution in [0.1, 0.15) is 0 Å². The highest BCUT2D eigenvalue weighted by atomic mass is 79.9. The van der Waals surface area contributed by atoms with Gasteiger partial charge in [0.2, 0.25) is 0 Å². The summed E-state index contributed by atoms with van der Waals surface area (Å²) in [4.78, 5) is -4.68. The highest BCUT2D eigenvalue weighted by molar-refractivity contribution is 9.12. The van der Waals surface area contributed by atoms with E-state index in [1.165, 1.54) is 31.9 Å². The number of hydrogen-bond acceptors (Lipinski definition) is 0. The van der Waals surface area contributed by atoms with Crippen molar-refractivity contribution in [2.24, 2.45) is 0 Å². The fourth-order valence-corrected chi connectivity index (χ4v) is 0.386. The molecule has 0 fully saturated rings. The van der Waals surface area contributed by atoms with Crippen molar-refractivity contribution in [3.05, 3.63) is 0 Å². The molecule has 0 heterocycles. The van der Waals surface area contributed by atoms with Crippen molar-refractivity contribution in [2.45, 2.75) is 15.6 Å². The standard InChI is InChI=1S/C3Br2F6/c4-1(6,2(5,7)8)3(9,10)11. The second-order valence-corrected chi connectivity index (χ2v) is 3.66. The Hall–Kier alpha value is 0.540. The van der Waals surface area contributed by atoms with Gasteiger partial charge in [-0.1, -0.05) is 0 Å². The third-order valence-corrected chi connectivity index (χ3v) is 2.74. The first-order valence-corrected chi connectivity index (χ1v) is 3.60. The monoisotopic (exact) mass is 308 g/mol. The maximum atomic E-state index is 12.1. The van der Waals surface area contributed by atoms with Crippen LogP contribution in [0, 0.1) is 0 Å². The lowest BCUT2D eigenvalue weighted by atomic mass is 10.4. The summed E-state index contributed by atoms with van der Waals surface area (Å²) in [6.07, 6.45) is -5.67. The molecule has 0 radical (unpaired) electrons. The highest BCUT2D eigenvalue weighted by Crippen LogP contribution is 2.52. The maximum Gasteiger partial charge on any atom is 0.439 e. The van der Waals surface area contributed by atoms with E-state index in [0.717, 1.165) is 0 Å². The zero-order valence-corrected chi connectivity index (χ0v) is 7.70. The van der Waals surface area contributed by atoms with Crippen molar-refractivity contribution in [1.82, 2.24) is 0 Å². The van der Waals surface area contributed by atoms with Crippen molar-refractivity contribution in [1.29, 1.82) is 0 Å². The molecule has 0 aromatic carbocycles. The molecule has 1 atom stereocenters. The van der Waals surface area contributed by atoms with Gasteiger partial charge in [0, 0.05) is 0 Å². The van der Waals surface area contributed by atoms with Gasteiger partial charge >= 0.3 is 15.6 Å². The summed E-state index contributed by atoms with van der Waals surface area (Å²) in [7, 11) is 0. The Kier molecular flexibility index (Phi) is 2.93. The molecule has 0 aliphatic rings. The molecule has 0 nitrogen and oxygen atoms in total. The minimum Gasteiger partial charge on any atom is -0.213 e. The fraction of sp³-hybridized carbons (Fsp3) is 1.00. The zero-order valence-electron chi connectivity index (χ0n) is 4.52. The van der Waals surface area contributed by atoms with E-state index in [9.17, 15) is 26.3 Å². The van der Waals surface area contributed by atoms with E-state index in [0.29, 0.717) is 0 Å². The van der Waals surface area contributed by atoms with Crippen molar-refractivity contribution < 1.29 is 26.3 Å². The van der Waals surface area contributed by atoms with Crippen LogP contribution in [-0.4, -0.2) is 15.6 Å². The molecule has 0 spiro atoms. The van der Waals surface area contributed by atoms with Gasteiger partial charge in [0.1, 0.15) is 0 Å². The first kappa shape index (κ1) is 11.5. The molecule has 0 aliphatic carbocycles. The molecular formula is C3Br2F6. The smallest absolute Gasteiger partial charge is 0.213 e. The predicted octanol–water partition coefficient (Wildman–Crippen LogP) is 3.60. The third kappa shape index (κ3) is 2.24. The van der Waals surface area contributed by atoms with E-state index >= 15 is 0 Å². The lowest BCUT2D eigenvalue weighted by Crippen LogP contribution is -2.46. The van der Waals surface area contributed by atoms with Crippen LogP contribution >= 0.6 is 31.9 Å². The summed E-state index contributed by atoms with van der Waals surface area (Å²) in [6, 6.07) is 0. The van der Waals surface area contributed by atoms with Crippen LogP contribution in [0.15, 0.2) is 0 Å². The minimum atomic E-state index is -5.67. The molecule has 0 N–H and O–H groups in total. The van der Waals surface area contributed by atoms with Crippen LogP contribution < -0.4 is 0 Å². The van der Waals surface area contributed by atoms with E-state index in [2.05, 4.69) is 0 Å². The summed E-state index contributed by atoms with van der Waals surface area (Å²) in [5.41, 5.74) is 0. The van der Waals surface area contributed by atoms with Crippen molar-refractivity contribution >= 4 is 31.9 Å². The highest BCUT2D eigenvalue weighted by Gasteiger charge is 2.69. The Morgan fingerprint density at radius 3 is 1.00 bits per heavy atom. The number of halogens is 8. The van der Waals surface area contributed by atoms with Gasteiger partial charge < -0.3 is 0 Å². The molecule has 0 aromatic rings. The van der Waals surface area contributed by atoms with Crippen LogP contribution in [0.4, 0.5) is 26.3 Å². The van der Waals surface area contributed by atoms with Gasteiger partial charge in [0.25, 0.3) is 0 Å². The summed E-state index contributed by atoms with van der Waals surface area (Å²) in [6.45, 7) is 0. The summed E-state index contributed by atoms with van der Waals surface area (Å²) in [5.74, 6) is 0. The van der Waals surface area contributed by atoms with Crippen molar-refractivity contribution in [2.75, 3.05) is 0 Å². The van der Waals surface area contributed by atoms with E-state index in [-0.39, 0.29) is 0 Å². The first-order valence-electron chi connectivity index (χ1n) is 2.01. The average molecular weight is 310 g/mol. The van der Waals surface area contributed by atoms with Gasteiger partial charge in [-0.3, -0.25) is 0 Å². The zero-order chi connectivity index (χ0) is 9.50. The Bertz CT molecular complexity index is 127. The molecule has 0 rings (SSSR count). The summed E-state index contributed by atoms with van der Waals surface area (Å²) >= 11 is 2.50. The molecule has 0 saturated carbocycles. The van der Waals surface area contributed by atoms with Crippen LogP contribution in [0.5, 0.6) is 0 Å². The summed E-state index contributed by atoms with van der Waals surface area (Å²) < 4.78 is 65.1. The Labute approximate surface area is 74.2 Å². The van der Waals surface area contributed by atoms with Gasteiger partial charge in [-0.25, -0.2) is 4.39 Å². The van der Waals surface area contributed by atoms with E-state index in [1.54, 1.807) is 0 Å². The molecule has 1 unspecified atom stereocenters. The molecule has 68 valence electrons. The van der Waals surface area contributed by atoms with Gasteiger partial charge in [0.05, 0.1) is 0 Å². The molecule has 0 aliphatic heterocycles. The molecule has 0 saturated heterocycles. The molecular weight excluding hydrogens is 310 g/mol. The van der Waals surface area contributed by atoms with E-state index < -0.39 is 15.6 Å². The van der Waals surface area contributed by atoms with Gasteiger partial charge in [-0.2, -0.15) is 22.0 Å². The SMILES string of the molecule is FC(F)(F)C(F)(Br)C(F)(F)Br. The number of hydrogen-bond donors (Lipinski definition) is 0. The van der Waals surface area contributed by atoms with Crippen LogP contribution in [0.25, 0.3) is 0 Å². The van der Waals surface area contributed by atoms with Crippen LogP contribution in [0.2, 0.25) is 0 Å². The van der Waals surface area contributed by atoms with E-state index in [4.69, 9.17) is 0 Å². The number of rotatable bonds is 1. The Morgan fingerprint density at radius 2 is 1.00 bits per heavy atom. The molecule has 8 heteroatoms. The lowest BCUT2D eigenvalue weighted by Gasteiger charge is -2.25. The quantitative estimate of drug-likeness (QED) is 0.513.